The van der Waals surface area contributed by atoms with Crippen molar-refractivity contribution >= 4 is 11.8 Å². The highest BCUT2D eigenvalue weighted by Crippen LogP contribution is 2.37. The molecular formula is C15H24N2O2. The second kappa shape index (κ2) is 4.80. The van der Waals surface area contributed by atoms with Gasteiger partial charge in [0.05, 0.1) is 6.54 Å². The number of nitrogens with one attached hydrogen (secondary N) is 1. The van der Waals surface area contributed by atoms with Gasteiger partial charge in [0, 0.05) is 6.04 Å². The zero-order valence-corrected chi connectivity index (χ0v) is 11.8. The molecular weight excluding hydrogens is 240 g/mol. The molecule has 1 aliphatic heterocycles. The summed E-state index contributed by atoms with van der Waals surface area (Å²) in [5.74, 6) is 0.999. The maximum Gasteiger partial charge on any atom is 0.249 e. The standard InChI is InChI=1S/C15H24N2O2/c1-11(9-12-5-6-12)17-10-13(18)16-15(14(17)19)7-3-2-4-8-15/h11-12H,2-10H2,1H3,(H,16,18). The minimum absolute atomic E-state index is 0.0316. The van der Waals surface area contributed by atoms with Crippen LogP contribution in [0.15, 0.2) is 0 Å². The Kier molecular flexibility index (Phi) is 3.27. The minimum Gasteiger partial charge on any atom is -0.340 e. The summed E-state index contributed by atoms with van der Waals surface area (Å²) in [5.41, 5.74) is -0.564. The van der Waals surface area contributed by atoms with Gasteiger partial charge in [0.15, 0.2) is 0 Å². The second-order valence-corrected chi connectivity index (χ2v) is 6.65. The number of piperazine rings is 1. The lowest BCUT2D eigenvalue weighted by molar-refractivity contribution is -0.153. The lowest BCUT2D eigenvalue weighted by Crippen LogP contribution is -2.68. The number of hydrogen-bond donors (Lipinski definition) is 1. The Morgan fingerprint density at radius 2 is 1.95 bits per heavy atom. The van der Waals surface area contributed by atoms with Gasteiger partial charge in [-0.15, -0.1) is 0 Å². The van der Waals surface area contributed by atoms with Crippen molar-refractivity contribution < 1.29 is 9.59 Å². The lowest BCUT2D eigenvalue weighted by atomic mass is 9.79. The topological polar surface area (TPSA) is 49.4 Å². The van der Waals surface area contributed by atoms with Crippen LogP contribution < -0.4 is 5.32 Å². The fourth-order valence-electron chi connectivity index (χ4n) is 3.67. The van der Waals surface area contributed by atoms with Gasteiger partial charge >= 0.3 is 0 Å². The summed E-state index contributed by atoms with van der Waals surface area (Å²) in [5, 5.41) is 3.01. The number of carbonyl (C=O) groups is 2. The summed E-state index contributed by atoms with van der Waals surface area (Å²) in [7, 11) is 0. The van der Waals surface area contributed by atoms with E-state index in [1.807, 2.05) is 4.90 Å². The minimum atomic E-state index is -0.564. The second-order valence-electron chi connectivity index (χ2n) is 6.65. The van der Waals surface area contributed by atoms with E-state index in [4.69, 9.17) is 0 Å². The third kappa shape index (κ3) is 2.49. The van der Waals surface area contributed by atoms with Crippen LogP contribution in [0.4, 0.5) is 0 Å². The predicted molar refractivity (Wildman–Crippen MR) is 72.5 cm³/mol. The summed E-state index contributed by atoms with van der Waals surface area (Å²) < 4.78 is 0. The van der Waals surface area contributed by atoms with Crippen LogP contribution in [0.5, 0.6) is 0 Å². The highest BCUT2D eigenvalue weighted by atomic mass is 16.2. The van der Waals surface area contributed by atoms with Crippen molar-refractivity contribution in [2.24, 2.45) is 5.92 Å². The van der Waals surface area contributed by atoms with Gasteiger partial charge in [-0.3, -0.25) is 9.59 Å². The van der Waals surface area contributed by atoms with E-state index in [0.717, 1.165) is 38.0 Å². The van der Waals surface area contributed by atoms with E-state index in [-0.39, 0.29) is 24.4 Å². The van der Waals surface area contributed by atoms with Crippen molar-refractivity contribution in [2.45, 2.75) is 69.9 Å². The van der Waals surface area contributed by atoms with Gasteiger partial charge in [-0.05, 0) is 32.1 Å². The molecule has 0 radical (unpaired) electrons. The smallest absolute Gasteiger partial charge is 0.249 e. The van der Waals surface area contributed by atoms with Gasteiger partial charge in [0.25, 0.3) is 0 Å². The van der Waals surface area contributed by atoms with E-state index in [1.165, 1.54) is 19.3 Å². The molecule has 3 fully saturated rings. The van der Waals surface area contributed by atoms with Crippen molar-refractivity contribution in [3.8, 4) is 0 Å². The van der Waals surface area contributed by atoms with Crippen LogP contribution in [-0.4, -0.2) is 34.8 Å². The van der Waals surface area contributed by atoms with E-state index in [9.17, 15) is 9.59 Å². The Bertz CT molecular complexity index is 384. The first-order valence-corrected chi connectivity index (χ1v) is 7.73. The van der Waals surface area contributed by atoms with Crippen LogP contribution >= 0.6 is 0 Å². The molecule has 4 heteroatoms. The molecule has 1 heterocycles. The summed E-state index contributed by atoms with van der Waals surface area (Å²) >= 11 is 0. The third-order valence-corrected chi connectivity index (χ3v) is 4.97. The van der Waals surface area contributed by atoms with Crippen LogP contribution in [-0.2, 0) is 9.59 Å². The fraction of sp³-hybridized carbons (Fsp3) is 0.867. The molecule has 1 saturated heterocycles. The first kappa shape index (κ1) is 12.9. The fourth-order valence-corrected chi connectivity index (χ4v) is 3.67. The van der Waals surface area contributed by atoms with Gasteiger partial charge in [0.2, 0.25) is 11.8 Å². The maximum absolute atomic E-state index is 12.8. The highest BCUT2D eigenvalue weighted by Gasteiger charge is 2.48. The largest absolute Gasteiger partial charge is 0.340 e. The summed E-state index contributed by atoms with van der Waals surface area (Å²) in [6.45, 7) is 2.36. The molecule has 2 saturated carbocycles. The molecule has 0 aromatic heterocycles. The van der Waals surface area contributed by atoms with Crippen molar-refractivity contribution in [3.63, 3.8) is 0 Å². The average Bonchev–Trinajstić information content (AvgIpc) is 3.19. The normalized spacial score (nSPS) is 28.4. The average molecular weight is 264 g/mol. The van der Waals surface area contributed by atoms with Gasteiger partial charge in [0.1, 0.15) is 5.54 Å². The molecule has 106 valence electrons. The zero-order valence-electron chi connectivity index (χ0n) is 11.8. The Balaban J connectivity index is 1.75. The maximum atomic E-state index is 12.8. The first-order chi connectivity index (χ1) is 9.11. The SMILES string of the molecule is CC(CC1CC1)N1CC(=O)NC2(CCCCC2)C1=O. The molecule has 3 rings (SSSR count). The number of carbonyl (C=O) groups excluding carboxylic acids is 2. The van der Waals surface area contributed by atoms with Crippen molar-refractivity contribution in [1.29, 1.82) is 0 Å². The third-order valence-electron chi connectivity index (χ3n) is 4.97. The Hall–Kier alpha value is -1.06. The molecule has 1 spiro atoms. The zero-order chi connectivity index (χ0) is 13.5. The van der Waals surface area contributed by atoms with Gasteiger partial charge < -0.3 is 10.2 Å². The molecule has 2 amide bonds. The monoisotopic (exact) mass is 264 g/mol. The number of hydrogen-bond acceptors (Lipinski definition) is 2. The van der Waals surface area contributed by atoms with Gasteiger partial charge in [-0.1, -0.05) is 32.1 Å². The predicted octanol–water partition coefficient (Wildman–Crippen LogP) is 1.84. The Morgan fingerprint density at radius 1 is 1.26 bits per heavy atom. The Labute approximate surface area is 114 Å². The summed E-state index contributed by atoms with van der Waals surface area (Å²) in [6, 6.07) is 0.213. The number of nitrogens with zero attached hydrogens (tertiary/aromatic N) is 1. The van der Waals surface area contributed by atoms with E-state index in [0.29, 0.717) is 0 Å². The van der Waals surface area contributed by atoms with Crippen LogP contribution in [0.3, 0.4) is 0 Å². The molecule has 0 bridgehead atoms. The Morgan fingerprint density at radius 3 is 2.58 bits per heavy atom. The lowest BCUT2D eigenvalue weighted by Gasteiger charge is -2.46. The molecule has 1 N–H and O–H groups in total. The molecule has 19 heavy (non-hydrogen) atoms. The van der Waals surface area contributed by atoms with Gasteiger partial charge in [-0.25, -0.2) is 0 Å². The first-order valence-electron chi connectivity index (χ1n) is 7.73. The van der Waals surface area contributed by atoms with Gasteiger partial charge in [-0.2, -0.15) is 0 Å². The van der Waals surface area contributed by atoms with E-state index < -0.39 is 5.54 Å². The summed E-state index contributed by atoms with van der Waals surface area (Å²) in [6.07, 6.45) is 8.59. The van der Waals surface area contributed by atoms with Crippen molar-refractivity contribution in [3.05, 3.63) is 0 Å². The van der Waals surface area contributed by atoms with Crippen LogP contribution in [0.1, 0.15) is 58.3 Å². The number of amides is 2. The van der Waals surface area contributed by atoms with Crippen molar-refractivity contribution in [2.75, 3.05) is 6.54 Å². The summed E-state index contributed by atoms with van der Waals surface area (Å²) in [4.78, 5) is 26.6. The molecule has 1 atom stereocenters. The molecule has 3 aliphatic rings. The van der Waals surface area contributed by atoms with E-state index >= 15 is 0 Å². The van der Waals surface area contributed by atoms with Crippen LogP contribution in [0, 0.1) is 5.92 Å². The molecule has 4 nitrogen and oxygen atoms in total. The quantitative estimate of drug-likeness (QED) is 0.845. The highest BCUT2D eigenvalue weighted by molar-refractivity contribution is 5.98. The van der Waals surface area contributed by atoms with E-state index in [2.05, 4.69) is 12.2 Å². The molecule has 2 aliphatic carbocycles. The molecule has 1 unspecified atom stereocenters. The van der Waals surface area contributed by atoms with E-state index in [1.54, 1.807) is 0 Å². The molecule has 0 aromatic carbocycles. The van der Waals surface area contributed by atoms with Crippen molar-refractivity contribution in [1.82, 2.24) is 10.2 Å². The van der Waals surface area contributed by atoms with Crippen LogP contribution in [0.25, 0.3) is 0 Å². The van der Waals surface area contributed by atoms with Crippen LogP contribution in [0.2, 0.25) is 0 Å². The number of rotatable bonds is 3. The molecule has 0 aromatic rings.